The molecule has 17 heavy (non-hydrogen) atoms. The molecule has 0 saturated heterocycles. The lowest BCUT2D eigenvalue weighted by atomic mass is 9.99. The predicted molar refractivity (Wildman–Crippen MR) is 68.6 cm³/mol. The first-order chi connectivity index (χ1) is 8.31. The maximum Gasteiger partial charge on any atom is 0.0876 e. The highest BCUT2D eigenvalue weighted by molar-refractivity contribution is 5.33. The third-order valence-corrected chi connectivity index (χ3v) is 2.68. The molecule has 0 radical (unpaired) electrons. The van der Waals surface area contributed by atoms with Crippen LogP contribution >= 0.6 is 0 Å². The molecular weight excluding hydrogens is 210 g/mol. The van der Waals surface area contributed by atoms with Gasteiger partial charge in [-0.2, -0.15) is 0 Å². The Labute approximate surface area is 100 Å². The smallest absolute Gasteiger partial charge is 0.0812 e. The lowest BCUT2D eigenvalue weighted by Crippen LogP contribution is -1.96. The molecular formula is C14H13N3. The quantitative estimate of drug-likeness (QED) is 0.421. The van der Waals surface area contributed by atoms with Gasteiger partial charge in [-0.3, -0.25) is 0 Å². The molecule has 0 amide bonds. The Hall–Kier alpha value is -2.25. The molecule has 3 heteroatoms. The second kappa shape index (κ2) is 5.19. The summed E-state index contributed by atoms with van der Waals surface area (Å²) in [6.45, 7) is 2.04. The topological polar surface area (TPSA) is 48.8 Å². The number of hydrogen-bond acceptors (Lipinski definition) is 1. The molecule has 2 rings (SSSR count). The molecule has 0 aliphatic rings. The van der Waals surface area contributed by atoms with E-state index in [1.165, 1.54) is 5.56 Å². The van der Waals surface area contributed by atoms with E-state index in [-0.39, 0.29) is 6.04 Å². The number of rotatable bonds is 3. The average molecular weight is 223 g/mol. The molecule has 0 fully saturated rings. The van der Waals surface area contributed by atoms with Gasteiger partial charge in [0.05, 0.1) is 6.04 Å². The zero-order valence-corrected chi connectivity index (χ0v) is 9.62. The Morgan fingerprint density at radius 1 is 0.941 bits per heavy atom. The van der Waals surface area contributed by atoms with Crippen LogP contribution < -0.4 is 0 Å². The second-order valence-electron chi connectivity index (χ2n) is 3.93. The Balaban J connectivity index is 2.42. The molecule has 1 unspecified atom stereocenters. The highest BCUT2D eigenvalue weighted by Crippen LogP contribution is 2.26. The lowest BCUT2D eigenvalue weighted by molar-refractivity contribution is 0.858. The lowest BCUT2D eigenvalue weighted by Gasteiger charge is -2.12. The molecule has 0 aromatic heterocycles. The van der Waals surface area contributed by atoms with Crippen molar-refractivity contribution in [1.29, 1.82) is 0 Å². The van der Waals surface area contributed by atoms with Crippen molar-refractivity contribution in [3.63, 3.8) is 0 Å². The van der Waals surface area contributed by atoms with Gasteiger partial charge in [-0.05, 0) is 23.6 Å². The van der Waals surface area contributed by atoms with E-state index in [2.05, 4.69) is 10.0 Å². The third kappa shape index (κ3) is 2.65. The van der Waals surface area contributed by atoms with Gasteiger partial charge in [0.1, 0.15) is 0 Å². The molecule has 0 heterocycles. The van der Waals surface area contributed by atoms with Gasteiger partial charge in [-0.15, -0.1) is 0 Å². The van der Waals surface area contributed by atoms with Gasteiger partial charge in [0.25, 0.3) is 0 Å². The van der Waals surface area contributed by atoms with E-state index in [0.717, 1.165) is 11.1 Å². The third-order valence-electron chi connectivity index (χ3n) is 2.68. The van der Waals surface area contributed by atoms with Crippen LogP contribution in [0.4, 0.5) is 0 Å². The Kier molecular flexibility index (Phi) is 3.43. The minimum atomic E-state index is -0.248. The van der Waals surface area contributed by atoms with Crippen LogP contribution in [-0.2, 0) is 0 Å². The number of nitrogens with zero attached hydrogens (tertiary/aromatic N) is 3. The molecule has 3 nitrogen and oxygen atoms in total. The Morgan fingerprint density at radius 3 is 2.12 bits per heavy atom. The van der Waals surface area contributed by atoms with Gasteiger partial charge in [-0.1, -0.05) is 65.3 Å². The molecule has 0 bridgehead atoms. The Morgan fingerprint density at radius 2 is 1.53 bits per heavy atom. The van der Waals surface area contributed by atoms with Crippen molar-refractivity contribution in [1.82, 2.24) is 0 Å². The summed E-state index contributed by atoms with van der Waals surface area (Å²) in [5.41, 5.74) is 11.9. The summed E-state index contributed by atoms with van der Waals surface area (Å²) in [5, 5.41) is 3.87. The summed E-state index contributed by atoms with van der Waals surface area (Å²) in [4.78, 5) is 2.94. The first kappa shape index (κ1) is 11.2. The second-order valence-corrected chi connectivity index (χ2v) is 3.93. The summed E-state index contributed by atoms with van der Waals surface area (Å²) < 4.78 is 0. The van der Waals surface area contributed by atoms with Gasteiger partial charge in [-0.25, -0.2) is 0 Å². The van der Waals surface area contributed by atoms with Crippen molar-refractivity contribution in [3.05, 3.63) is 81.7 Å². The number of aryl methyl sites for hydroxylation is 1. The van der Waals surface area contributed by atoms with E-state index in [9.17, 15) is 0 Å². The molecule has 0 aliphatic heterocycles. The summed E-state index contributed by atoms with van der Waals surface area (Å²) in [6, 6.07) is 17.6. The number of benzene rings is 2. The van der Waals surface area contributed by atoms with Crippen LogP contribution in [0.2, 0.25) is 0 Å². The van der Waals surface area contributed by atoms with Crippen LogP contribution in [0.5, 0.6) is 0 Å². The molecule has 0 aliphatic carbocycles. The summed E-state index contributed by atoms with van der Waals surface area (Å²) >= 11 is 0. The van der Waals surface area contributed by atoms with E-state index in [4.69, 9.17) is 5.53 Å². The zero-order chi connectivity index (χ0) is 12.1. The van der Waals surface area contributed by atoms with E-state index in [0.29, 0.717) is 0 Å². The first-order valence-corrected chi connectivity index (χ1v) is 5.47. The highest BCUT2D eigenvalue weighted by Gasteiger charge is 2.11. The molecule has 84 valence electrons. The highest BCUT2D eigenvalue weighted by atomic mass is 15.1. The van der Waals surface area contributed by atoms with Crippen molar-refractivity contribution >= 4 is 0 Å². The standard InChI is InChI=1S/C14H13N3/c1-11-7-9-13(10-8-11)14(16-17-15)12-5-3-2-4-6-12/h2-10,14H,1H3. The van der Waals surface area contributed by atoms with Crippen molar-refractivity contribution in [3.8, 4) is 0 Å². The molecule has 0 spiro atoms. The van der Waals surface area contributed by atoms with Crippen LogP contribution in [0.25, 0.3) is 10.4 Å². The van der Waals surface area contributed by atoms with Gasteiger partial charge >= 0.3 is 0 Å². The fraction of sp³-hybridized carbons (Fsp3) is 0.143. The fourth-order valence-electron chi connectivity index (χ4n) is 1.76. The van der Waals surface area contributed by atoms with Crippen molar-refractivity contribution in [2.45, 2.75) is 13.0 Å². The van der Waals surface area contributed by atoms with Crippen LogP contribution in [0.15, 0.2) is 59.7 Å². The van der Waals surface area contributed by atoms with E-state index < -0.39 is 0 Å². The number of azide groups is 1. The average Bonchev–Trinajstić information content (AvgIpc) is 2.38. The minimum Gasteiger partial charge on any atom is -0.0812 e. The van der Waals surface area contributed by atoms with E-state index in [1.54, 1.807) is 0 Å². The SMILES string of the molecule is Cc1ccc(C(N=[N+]=[N-])c2ccccc2)cc1. The van der Waals surface area contributed by atoms with Gasteiger partial charge < -0.3 is 0 Å². The van der Waals surface area contributed by atoms with E-state index in [1.807, 2.05) is 61.5 Å². The summed E-state index contributed by atoms with van der Waals surface area (Å²) in [7, 11) is 0. The summed E-state index contributed by atoms with van der Waals surface area (Å²) in [6.07, 6.45) is 0. The van der Waals surface area contributed by atoms with Gasteiger partial charge in [0.2, 0.25) is 0 Å². The maximum atomic E-state index is 8.67. The first-order valence-electron chi connectivity index (χ1n) is 5.47. The molecule has 2 aromatic carbocycles. The zero-order valence-electron chi connectivity index (χ0n) is 9.62. The molecule has 1 atom stereocenters. The van der Waals surface area contributed by atoms with Crippen molar-refractivity contribution in [2.75, 3.05) is 0 Å². The minimum absolute atomic E-state index is 0.248. The van der Waals surface area contributed by atoms with Gasteiger partial charge in [0, 0.05) is 4.91 Å². The largest absolute Gasteiger partial charge is 0.0876 e. The fourth-order valence-corrected chi connectivity index (χ4v) is 1.76. The monoisotopic (exact) mass is 223 g/mol. The summed E-state index contributed by atoms with van der Waals surface area (Å²) in [5.74, 6) is 0. The maximum absolute atomic E-state index is 8.67. The molecule has 0 saturated carbocycles. The predicted octanol–water partition coefficient (Wildman–Crippen LogP) is 4.39. The molecule has 0 N–H and O–H groups in total. The van der Waals surface area contributed by atoms with Crippen LogP contribution in [0.1, 0.15) is 22.7 Å². The normalized spacial score (nSPS) is 11.6. The number of hydrogen-bond donors (Lipinski definition) is 0. The molecule has 2 aromatic rings. The Bertz CT molecular complexity index is 525. The van der Waals surface area contributed by atoms with E-state index >= 15 is 0 Å². The van der Waals surface area contributed by atoms with Gasteiger partial charge in [0.15, 0.2) is 0 Å². The van der Waals surface area contributed by atoms with Crippen molar-refractivity contribution < 1.29 is 0 Å². The van der Waals surface area contributed by atoms with Crippen LogP contribution in [-0.4, -0.2) is 0 Å². The van der Waals surface area contributed by atoms with Crippen LogP contribution in [0.3, 0.4) is 0 Å². The van der Waals surface area contributed by atoms with Crippen LogP contribution in [0, 0.1) is 6.92 Å². The van der Waals surface area contributed by atoms with Crippen molar-refractivity contribution in [2.24, 2.45) is 5.11 Å².